The van der Waals surface area contributed by atoms with E-state index >= 15 is 0 Å². The van der Waals surface area contributed by atoms with Crippen molar-refractivity contribution in [1.82, 2.24) is 0 Å². The van der Waals surface area contributed by atoms with Crippen LogP contribution in [0, 0.1) is 0 Å². The fourth-order valence-electron chi connectivity index (χ4n) is 1.40. The largest absolute Gasteiger partial charge is 0.398 e. The number of amidine groups is 2. The molecular weight excluding hydrogens is 188 g/mol. The number of allylic oxidation sites excluding steroid dienone is 1. The number of hydrogen-bond donors (Lipinski definition) is 2. The standard InChI is InChI=1S/C11H12N4/c1-2-9-10(13)15-11(14-9)7-5-3-4-6-8(7)12/h2-6H,12H2,1H3,(H2,13,14,15)/b9-2-. The quantitative estimate of drug-likeness (QED) is 0.670. The number of aliphatic imine (C=N–C) groups is 2. The molecule has 76 valence electrons. The monoisotopic (exact) mass is 200 g/mol. The number of benzene rings is 1. The molecule has 0 radical (unpaired) electrons. The van der Waals surface area contributed by atoms with Crippen molar-refractivity contribution < 1.29 is 0 Å². The first-order valence-electron chi connectivity index (χ1n) is 4.67. The molecule has 1 heterocycles. The third-order valence-electron chi connectivity index (χ3n) is 2.19. The topological polar surface area (TPSA) is 76.8 Å². The normalized spacial score (nSPS) is 17.8. The van der Waals surface area contributed by atoms with Crippen LogP contribution in [-0.2, 0) is 0 Å². The number of nitrogens with two attached hydrogens (primary N) is 2. The van der Waals surface area contributed by atoms with Gasteiger partial charge in [0.15, 0.2) is 11.7 Å². The molecule has 0 amide bonds. The third kappa shape index (κ3) is 1.61. The Balaban J connectivity index is 2.48. The van der Waals surface area contributed by atoms with Crippen LogP contribution in [0.15, 0.2) is 46.0 Å². The summed E-state index contributed by atoms with van der Waals surface area (Å²) >= 11 is 0. The van der Waals surface area contributed by atoms with Gasteiger partial charge in [-0.2, -0.15) is 0 Å². The highest BCUT2D eigenvalue weighted by Gasteiger charge is 2.15. The molecule has 1 aliphatic heterocycles. The molecule has 15 heavy (non-hydrogen) atoms. The minimum Gasteiger partial charge on any atom is -0.398 e. The van der Waals surface area contributed by atoms with Gasteiger partial charge in [-0.3, -0.25) is 0 Å². The van der Waals surface area contributed by atoms with E-state index in [0.717, 1.165) is 5.56 Å². The fourth-order valence-corrected chi connectivity index (χ4v) is 1.40. The summed E-state index contributed by atoms with van der Waals surface area (Å²) in [5, 5.41) is 0. The summed E-state index contributed by atoms with van der Waals surface area (Å²) in [5.41, 5.74) is 13.7. The van der Waals surface area contributed by atoms with Crippen molar-refractivity contribution >= 4 is 17.4 Å². The highest BCUT2D eigenvalue weighted by Crippen LogP contribution is 2.18. The first-order chi connectivity index (χ1) is 7.22. The van der Waals surface area contributed by atoms with E-state index in [-0.39, 0.29) is 0 Å². The maximum atomic E-state index is 5.82. The molecule has 0 spiro atoms. The summed E-state index contributed by atoms with van der Waals surface area (Å²) < 4.78 is 0. The molecule has 4 nitrogen and oxygen atoms in total. The van der Waals surface area contributed by atoms with Gasteiger partial charge in [0.05, 0.1) is 0 Å². The minimum absolute atomic E-state index is 0.441. The van der Waals surface area contributed by atoms with Crippen molar-refractivity contribution in [3.63, 3.8) is 0 Å². The Morgan fingerprint density at radius 3 is 2.47 bits per heavy atom. The van der Waals surface area contributed by atoms with Crippen molar-refractivity contribution in [3.05, 3.63) is 41.6 Å². The van der Waals surface area contributed by atoms with Gasteiger partial charge in [-0.15, -0.1) is 0 Å². The van der Waals surface area contributed by atoms with Gasteiger partial charge in [-0.1, -0.05) is 18.2 Å². The number of rotatable bonds is 1. The Morgan fingerprint density at radius 2 is 1.87 bits per heavy atom. The summed E-state index contributed by atoms with van der Waals surface area (Å²) in [7, 11) is 0. The summed E-state index contributed by atoms with van der Waals surface area (Å²) in [6.07, 6.45) is 1.82. The SMILES string of the molecule is C/C=C1\N=C(c2ccccc2N)N=C1N. The van der Waals surface area contributed by atoms with E-state index in [1.165, 1.54) is 0 Å². The van der Waals surface area contributed by atoms with Crippen LogP contribution in [0.4, 0.5) is 5.69 Å². The maximum absolute atomic E-state index is 5.82. The zero-order valence-corrected chi connectivity index (χ0v) is 8.44. The van der Waals surface area contributed by atoms with Crippen molar-refractivity contribution in [2.45, 2.75) is 6.92 Å². The maximum Gasteiger partial charge on any atom is 0.164 e. The molecule has 4 heteroatoms. The summed E-state index contributed by atoms with van der Waals surface area (Å²) in [4.78, 5) is 8.46. The van der Waals surface area contributed by atoms with Crippen LogP contribution in [0.5, 0.6) is 0 Å². The molecule has 1 aromatic carbocycles. The third-order valence-corrected chi connectivity index (χ3v) is 2.19. The van der Waals surface area contributed by atoms with E-state index in [9.17, 15) is 0 Å². The molecule has 0 fully saturated rings. The molecular formula is C11H12N4. The van der Waals surface area contributed by atoms with Crippen molar-refractivity contribution in [2.24, 2.45) is 15.7 Å². The van der Waals surface area contributed by atoms with Gasteiger partial charge in [-0.25, -0.2) is 9.98 Å². The van der Waals surface area contributed by atoms with Crippen LogP contribution in [0.25, 0.3) is 0 Å². The van der Waals surface area contributed by atoms with E-state index in [1.54, 1.807) is 0 Å². The van der Waals surface area contributed by atoms with Crippen molar-refractivity contribution in [3.8, 4) is 0 Å². The Hall–Kier alpha value is -2.10. The Kier molecular flexibility index (Phi) is 2.25. The second-order valence-electron chi connectivity index (χ2n) is 3.19. The van der Waals surface area contributed by atoms with Crippen molar-refractivity contribution in [1.29, 1.82) is 0 Å². The van der Waals surface area contributed by atoms with Crippen LogP contribution in [0.3, 0.4) is 0 Å². The highest BCUT2D eigenvalue weighted by molar-refractivity contribution is 6.18. The lowest BCUT2D eigenvalue weighted by Gasteiger charge is -2.00. The van der Waals surface area contributed by atoms with Crippen molar-refractivity contribution in [2.75, 3.05) is 5.73 Å². The first-order valence-corrected chi connectivity index (χ1v) is 4.67. The average molecular weight is 200 g/mol. The zero-order valence-electron chi connectivity index (χ0n) is 8.44. The Morgan fingerprint density at radius 1 is 1.13 bits per heavy atom. The predicted molar refractivity (Wildman–Crippen MR) is 62.8 cm³/mol. The molecule has 0 bridgehead atoms. The summed E-state index contributed by atoms with van der Waals surface area (Å²) in [5.74, 6) is 1.02. The lowest BCUT2D eigenvalue weighted by Crippen LogP contribution is -2.10. The molecule has 0 aliphatic carbocycles. The smallest absolute Gasteiger partial charge is 0.164 e. The second-order valence-corrected chi connectivity index (χ2v) is 3.19. The second kappa shape index (κ2) is 3.57. The Bertz CT molecular complexity index is 483. The molecule has 2 rings (SSSR count). The van der Waals surface area contributed by atoms with Gasteiger partial charge < -0.3 is 11.5 Å². The Labute approximate surface area is 88.0 Å². The van der Waals surface area contributed by atoms with Gasteiger partial charge in [-0.05, 0) is 19.1 Å². The van der Waals surface area contributed by atoms with E-state index in [4.69, 9.17) is 11.5 Å². The molecule has 4 N–H and O–H groups in total. The van der Waals surface area contributed by atoms with Crippen LogP contribution in [0.1, 0.15) is 12.5 Å². The lowest BCUT2D eigenvalue weighted by atomic mass is 10.1. The summed E-state index contributed by atoms with van der Waals surface area (Å²) in [6, 6.07) is 7.46. The molecule has 0 atom stereocenters. The zero-order chi connectivity index (χ0) is 10.8. The van der Waals surface area contributed by atoms with Crippen LogP contribution in [0.2, 0.25) is 0 Å². The predicted octanol–water partition coefficient (Wildman–Crippen LogP) is 1.29. The van der Waals surface area contributed by atoms with Gasteiger partial charge >= 0.3 is 0 Å². The van der Waals surface area contributed by atoms with E-state index in [2.05, 4.69) is 9.98 Å². The van der Waals surface area contributed by atoms with Gasteiger partial charge in [0.25, 0.3) is 0 Å². The molecule has 0 saturated carbocycles. The van der Waals surface area contributed by atoms with Gasteiger partial charge in [0.2, 0.25) is 0 Å². The van der Waals surface area contributed by atoms with Crippen LogP contribution < -0.4 is 11.5 Å². The molecule has 0 saturated heterocycles. The average Bonchev–Trinajstić information content (AvgIpc) is 2.60. The van der Waals surface area contributed by atoms with E-state index in [1.807, 2.05) is 37.3 Å². The number of hydrogen-bond acceptors (Lipinski definition) is 4. The molecule has 0 unspecified atom stereocenters. The minimum atomic E-state index is 0.441. The number of nitrogens with zero attached hydrogens (tertiary/aromatic N) is 2. The molecule has 1 aromatic rings. The van der Waals surface area contributed by atoms with E-state index in [0.29, 0.717) is 23.1 Å². The number of nitrogen functional groups attached to an aromatic ring is 1. The fraction of sp³-hybridized carbons (Fsp3) is 0.0909. The van der Waals surface area contributed by atoms with Crippen LogP contribution in [-0.4, -0.2) is 11.7 Å². The summed E-state index contributed by atoms with van der Waals surface area (Å²) in [6.45, 7) is 1.87. The molecule has 1 aliphatic rings. The van der Waals surface area contributed by atoms with E-state index < -0.39 is 0 Å². The van der Waals surface area contributed by atoms with Crippen LogP contribution >= 0.6 is 0 Å². The number of para-hydroxylation sites is 1. The highest BCUT2D eigenvalue weighted by atomic mass is 15.1. The number of anilines is 1. The van der Waals surface area contributed by atoms with Gasteiger partial charge in [0, 0.05) is 11.3 Å². The molecule has 0 aromatic heterocycles. The lowest BCUT2D eigenvalue weighted by molar-refractivity contribution is 1.43. The first kappa shape index (κ1) is 9.45. The van der Waals surface area contributed by atoms with Gasteiger partial charge in [0.1, 0.15) is 5.70 Å².